The Kier molecular flexibility index (Phi) is 3.75. The maximum absolute atomic E-state index is 11.8. The molecule has 0 saturated carbocycles. The lowest BCUT2D eigenvalue weighted by molar-refractivity contribution is 0.765. The molecule has 0 spiro atoms. The molecule has 2 N–H and O–H groups in total. The standard InChI is InChI=1S/C11H11Cl2N5O/c1-17-9(8-6(12)4-3-5-7(8)13)15-10(18(2)14)16-11(17)19/h3-5H,14H2,1-2H3. The predicted octanol–water partition coefficient (Wildman–Crippen LogP) is 1.46. The van der Waals surface area contributed by atoms with Crippen LogP contribution in [0.3, 0.4) is 0 Å². The molecule has 8 heteroatoms. The smallest absolute Gasteiger partial charge is 0.282 e. The third kappa shape index (κ3) is 2.56. The Labute approximate surface area is 119 Å². The summed E-state index contributed by atoms with van der Waals surface area (Å²) in [6.45, 7) is 0. The highest BCUT2D eigenvalue weighted by Crippen LogP contribution is 2.32. The van der Waals surface area contributed by atoms with Crippen LogP contribution in [0.15, 0.2) is 23.0 Å². The zero-order chi connectivity index (χ0) is 14.2. The fourth-order valence-corrected chi connectivity index (χ4v) is 2.11. The summed E-state index contributed by atoms with van der Waals surface area (Å²) in [5.74, 6) is 5.95. The molecule has 0 aliphatic heterocycles. The minimum atomic E-state index is -0.492. The number of nitrogens with zero attached hydrogens (tertiary/aromatic N) is 4. The van der Waals surface area contributed by atoms with Crippen molar-refractivity contribution in [3.05, 3.63) is 38.7 Å². The van der Waals surface area contributed by atoms with E-state index in [0.717, 1.165) is 5.01 Å². The molecule has 2 rings (SSSR count). The van der Waals surface area contributed by atoms with E-state index in [-0.39, 0.29) is 5.95 Å². The van der Waals surface area contributed by atoms with Crippen molar-refractivity contribution in [1.82, 2.24) is 14.5 Å². The van der Waals surface area contributed by atoms with Gasteiger partial charge in [0.25, 0.3) is 0 Å². The number of hydrogen-bond donors (Lipinski definition) is 1. The number of benzene rings is 1. The van der Waals surface area contributed by atoms with Gasteiger partial charge in [-0.25, -0.2) is 10.6 Å². The summed E-state index contributed by atoms with van der Waals surface area (Å²) in [6, 6.07) is 5.05. The van der Waals surface area contributed by atoms with Crippen LogP contribution in [-0.2, 0) is 7.05 Å². The van der Waals surface area contributed by atoms with E-state index in [1.165, 1.54) is 18.7 Å². The van der Waals surface area contributed by atoms with Crippen molar-refractivity contribution >= 4 is 29.2 Å². The number of aromatic nitrogens is 3. The summed E-state index contributed by atoms with van der Waals surface area (Å²) in [7, 11) is 3.07. The molecule has 19 heavy (non-hydrogen) atoms. The van der Waals surface area contributed by atoms with E-state index in [2.05, 4.69) is 9.97 Å². The van der Waals surface area contributed by atoms with Crippen LogP contribution in [0.4, 0.5) is 5.95 Å². The number of hydrazine groups is 1. The molecular weight excluding hydrogens is 289 g/mol. The molecule has 0 saturated heterocycles. The fraction of sp³-hybridized carbons (Fsp3) is 0.182. The van der Waals surface area contributed by atoms with Gasteiger partial charge in [0.15, 0.2) is 5.82 Å². The topological polar surface area (TPSA) is 77.0 Å². The SMILES string of the molecule is CN(N)c1nc(-c2c(Cl)cccc2Cl)n(C)c(=O)n1. The molecule has 2 aromatic rings. The summed E-state index contributed by atoms with van der Waals surface area (Å²) in [6.07, 6.45) is 0. The van der Waals surface area contributed by atoms with E-state index in [1.807, 2.05) is 0 Å². The number of nitrogens with two attached hydrogens (primary N) is 1. The van der Waals surface area contributed by atoms with Crippen molar-refractivity contribution in [3.63, 3.8) is 0 Å². The number of hydrogen-bond acceptors (Lipinski definition) is 5. The van der Waals surface area contributed by atoms with Gasteiger partial charge in [-0.1, -0.05) is 29.3 Å². The van der Waals surface area contributed by atoms with Gasteiger partial charge in [0.1, 0.15) is 0 Å². The zero-order valence-electron chi connectivity index (χ0n) is 10.3. The van der Waals surface area contributed by atoms with Crippen molar-refractivity contribution in [2.45, 2.75) is 0 Å². The van der Waals surface area contributed by atoms with Gasteiger partial charge in [0.05, 0.1) is 15.6 Å². The lowest BCUT2D eigenvalue weighted by Gasteiger charge is -2.14. The average molecular weight is 300 g/mol. The van der Waals surface area contributed by atoms with Gasteiger partial charge in [-0.15, -0.1) is 0 Å². The van der Waals surface area contributed by atoms with Crippen LogP contribution < -0.4 is 16.5 Å². The molecule has 0 fully saturated rings. The van der Waals surface area contributed by atoms with Gasteiger partial charge >= 0.3 is 5.69 Å². The van der Waals surface area contributed by atoms with Crippen molar-refractivity contribution in [2.75, 3.05) is 12.1 Å². The molecule has 0 aliphatic rings. The summed E-state index contributed by atoms with van der Waals surface area (Å²) in [5.41, 5.74) is -0.0239. The monoisotopic (exact) mass is 299 g/mol. The van der Waals surface area contributed by atoms with Gasteiger partial charge in [0.2, 0.25) is 5.95 Å². The molecule has 1 heterocycles. The molecule has 0 atom stereocenters. The molecule has 6 nitrogen and oxygen atoms in total. The first-order valence-corrected chi connectivity index (χ1v) is 6.05. The van der Waals surface area contributed by atoms with E-state index in [9.17, 15) is 4.79 Å². The summed E-state index contributed by atoms with van der Waals surface area (Å²) >= 11 is 12.2. The Balaban J connectivity index is 2.79. The third-order valence-electron chi connectivity index (χ3n) is 2.51. The minimum Gasteiger partial charge on any atom is -0.282 e. The highest BCUT2D eigenvalue weighted by Gasteiger charge is 2.16. The molecular formula is C11H11Cl2N5O. The Morgan fingerprint density at radius 2 is 1.84 bits per heavy atom. The number of anilines is 1. The Bertz CT molecular complexity index is 663. The molecule has 1 aromatic heterocycles. The number of halogens is 2. The van der Waals surface area contributed by atoms with E-state index < -0.39 is 5.69 Å². The second-order valence-corrected chi connectivity index (χ2v) is 4.71. The molecule has 0 aliphatic carbocycles. The van der Waals surface area contributed by atoms with E-state index in [0.29, 0.717) is 21.4 Å². The van der Waals surface area contributed by atoms with Crippen LogP contribution >= 0.6 is 23.2 Å². The maximum Gasteiger partial charge on any atom is 0.352 e. The normalized spacial score (nSPS) is 10.6. The quantitative estimate of drug-likeness (QED) is 0.671. The molecule has 0 amide bonds. The van der Waals surface area contributed by atoms with E-state index >= 15 is 0 Å². The van der Waals surface area contributed by atoms with Gasteiger partial charge in [-0.2, -0.15) is 9.97 Å². The minimum absolute atomic E-state index is 0.0917. The van der Waals surface area contributed by atoms with Crippen LogP contribution in [0.5, 0.6) is 0 Å². The van der Waals surface area contributed by atoms with Crippen molar-refractivity contribution in [1.29, 1.82) is 0 Å². The van der Waals surface area contributed by atoms with Crippen molar-refractivity contribution in [2.24, 2.45) is 12.9 Å². The van der Waals surface area contributed by atoms with Gasteiger partial charge in [-0.3, -0.25) is 9.58 Å². The zero-order valence-corrected chi connectivity index (χ0v) is 11.8. The summed E-state index contributed by atoms with van der Waals surface area (Å²) in [5, 5.41) is 1.94. The predicted molar refractivity (Wildman–Crippen MR) is 75.3 cm³/mol. The second-order valence-electron chi connectivity index (χ2n) is 3.90. The molecule has 0 unspecified atom stereocenters. The Morgan fingerprint density at radius 3 is 2.37 bits per heavy atom. The van der Waals surface area contributed by atoms with E-state index in [1.54, 1.807) is 18.2 Å². The van der Waals surface area contributed by atoms with Gasteiger partial charge in [0, 0.05) is 14.1 Å². The second kappa shape index (κ2) is 5.16. The highest BCUT2D eigenvalue weighted by atomic mass is 35.5. The fourth-order valence-electron chi connectivity index (χ4n) is 1.54. The summed E-state index contributed by atoms with van der Waals surface area (Å²) < 4.78 is 1.26. The molecule has 0 bridgehead atoms. The largest absolute Gasteiger partial charge is 0.352 e. The molecule has 100 valence electrons. The molecule has 1 aromatic carbocycles. The van der Waals surface area contributed by atoms with Crippen LogP contribution in [0.1, 0.15) is 0 Å². The maximum atomic E-state index is 11.8. The lowest BCUT2D eigenvalue weighted by atomic mass is 10.2. The average Bonchev–Trinajstić information content (AvgIpc) is 2.33. The Hall–Kier alpha value is -1.63. The van der Waals surface area contributed by atoms with Gasteiger partial charge in [-0.05, 0) is 12.1 Å². The van der Waals surface area contributed by atoms with E-state index in [4.69, 9.17) is 29.0 Å². The highest BCUT2D eigenvalue weighted by molar-refractivity contribution is 6.38. The van der Waals surface area contributed by atoms with Crippen LogP contribution in [0, 0.1) is 0 Å². The molecule has 0 radical (unpaired) electrons. The lowest BCUT2D eigenvalue weighted by Crippen LogP contribution is -2.33. The van der Waals surface area contributed by atoms with Crippen molar-refractivity contribution < 1.29 is 0 Å². The van der Waals surface area contributed by atoms with Crippen LogP contribution in [-0.4, -0.2) is 21.6 Å². The van der Waals surface area contributed by atoms with Crippen molar-refractivity contribution in [3.8, 4) is 11.4 Å². The summed E-state index contributed by atoms with van der Waals surface area (Å²) in [4.78, 5) is 19.7. The first-order chi connectivity index (χ1) is 8.91. The first kappa shape index (κ1) is 13.8. The van der Waals surface area contributed by atoms with Crippen LogP contribution in [0.25, 0.3) is 11.4 Å². The third-order valence-corrected chi connectivity index (χ3v) is 3.14. The Morgan fingerprint density at radius 1 is 1.26 bits per heavy atom. The van der Waals surface area contributed by atoms with Crippen LogP contribution in [0.2, 0.25) is 10.0 Å². The first-order valence-electron chi connectivity index (χ1n) is 5.29. The van der Waals surface area contributed by atoms with Gasteiger partial charge < -0.3 is 0 Å². The number of rotatable bonds is 2.